The zero-order valence-corrected chi connectivity index (χ0v) is 15.4. The summed E-state index contributed by atoms with van der Waals surface area (Å²) < 4.78 is 11.3. The molecule has 0 aromatic heterocycles. The van der Waals surface area contributed by atoms with E-state index in [1.165, 1.54) is 22.3 Å². The minimum Gasteiger partial charge on any atom is -0.493 e. The first kappa shape index (κ1) is 18.3. The lowest BCUT2D eigenvalue weighted by Crippen LogP contribution is -2.16. The van der Waals surface area contributed by atoms with E-state index in [0.717, 1.165) is 17.9 Å². The van der Waals surface area contributed by atoms with Crippen LogP contribution in [0.2, 0.25) is 0 Å². The molecule has 2 aromatic rings. The fraction of sp³-hybridized carbons (Fsp3) is 0.429. The number of ether oxygens (including phenoxy) is 2. The van der Waals surface area contributed by atoms with Gasteiger partial charge in [-0.1, -0.05) is 29.8 Å². The third kappa shape index (κ3) is 4.51. The van der Waals surface area contributed by atoms with Gasteiger partial charge in [-0.05, 0) is 69.5 Å². The Hall–Kier alpha value is -2.00. The first-order valence-corrected chi connectivity index (χ1v) is 8.55. The number of hydrogen-bond donors (Lipinski definition) is 1. The SMILES string of the molecule is COc1ccc(CC(CN)c2cc(C)ccc2C)cc1OC(C)C. The molecule has 0 heterocycles. The highest BCUT2D eigenvalue weighted by Gasteiger charge is 2.15. The highest BCUT2D eigenvalue weighted by atomic mass is 16.5. The summed E-state index contributed by atoms with van der Waals surface area (Å²) in [6.45, 7) is 8.93. The van der Waals surface area contributed by atoms with Crippen molar-refractivity contribution in [1.82, 2.24) is 0 Å². The standard InChI is InChI=1S/C21H29NO2/c1-14(2)24-21-12-17(8-9-20(21)23-5)11-18(13-22)19-10-15(3)6-7-16(19)4/h6-10,12,14,18H,11,13,22H2,1-5H3. The summed E-state index contributed by atoms with van der Waals surface area (Å²) in [5.41, 5.74) is 11.2. The summed E-state index contributed by atoms with van der Waals surface area (Å²) in [6.07, 6.45) is 0.998. The smallest absolute Gasteiger partial charge is 0.161 e. The Labute approximate surface area is 145 Å². The Balaban J connectivity index is 2.29. The van der Waals surface area contributed by atoms with Crippen molar-refractivity contribution in [2.45, 2.75) is 46.1 Å². The van der Waals surface area contributed by atoms with Gasteiger partial charge in [0.2, 0.25) is 0 Å². The predicted octanol–water partition coefficient (Wildman–Crippen LogP) is 4.38. The van der Waals surface area contributed by atoms with Crippen LogP contribution >= 0.6 is 0 Å². The van der Waals surface area contributed by atoms with E-state index in [1.54, 1.807) is 7.11 Å². The fourth-order valence-corrected chi connectivity index (χ4v) is 3.00. The zero-order valence-electron chi connectivity index (χ0n) is 15.4. The maximum absolute atomic E-state index is 6.09. The summed E-state index contributed by atoms with van der Waals surface area (Å²) in [5.74, 6) is 1.86. The van der Waals surface area contributed by atoms with Crippen molar-refractivity contribution < 1.29 is 9.47 Å². The zero-order chi connectivity index (χ0) is 17.7. The molecule has 3 heteroatoms. The van der Waals surface area contributed by atoms with E-state index in [2.05, 4.69) is 44.2 Å². The van der Waals surface area contributed by atoms with Crippen LogP contribution in [0.1, 0.15) is 42.0 Å². The van der Waals surface area contributed by atoms with E-state index in [9.17, 15) is 0 Å². The molecule has 0 aliphatic rings. The second-order valence-electron chi connectivity index (χ2n) is 6.65. The van der Waals surface area contributed by atoms with Crippen LogP contribution in [-0.2, 0) is 6.42 Å². The van der Waals surface area contributed by atoms with Gasteiger partial charge in [0.1, 0.15) is 0 Å². The molecule has 0 radical (unpaired) electrons. The van der Waals surface area contributed by atoms with E-state index >= 15 is 0 Å². The summed E-state index contributed by atoms with van der Waals surface area (Å²) in [5, 5.41) is 0. The van der Waals surface area contributed by atoms with Gasteiger partial charge in [0.15, 0.2) is 11.5 Å². The second-order valence-corrected chi connectivity index (χ2v) is 6.65. The maximum Gasteiger partial charge on any atom is 0.161 e. The molecule has 2 N–H and O–H groups in total. The van der Waals surface area contributed by atoms with Gasteiger partial charge in [-0.15, -0.1) is 0 Å². The molecule has 24 heavy (non-hydrogen) atoms. The molecule has 0 saturated carbocycles. The highest BCUT2D eigenvalue weighted by Crippen LogP contribution is 2.31. The number of rotatable bonds is 7. The Kier molecular flexibility index (Phi) is 6.27. The number of hydrogen-bond acceptors (Lipinski definition) is 3. The first-order valence-electron chi connectivity index (χ1n) is 8.55. The lowest BCUT2D eigenvalue weighted by Gasteiger charge is -2.20. The number of benzene rings is 2. The van der Waals surface area contributed by atoms with Crippen molar-refractivity contribution in [3.8, 4) is 11.5 Å². The van der Waals surface area contributed by atoms with Gasteiger partial charge in [0.05, 0.1) is 13.2 Å². The summed E-state index contributed by atoms with van der Waals surface area (Å²) >= 11 is 0. The van der Waals surface area contributed by atoms with Gasteiger partial charge in [0.25, 0.3) is 0 Å². The van der Waals surface area contributed by atoms with Crippen molar-refractivity contribution >= 4 is 0 Å². The lowest BCUT2D eigenvalue weighted by atomic mass is 9.88. The Morgan fingerprint density at radius 3 is 2.38 bits per heavy atom. The summed E-state index contributed by atoms with van der Waals surface area (Å²) in [6, 6.07) is 12.7. The molecule has 2 aromatic carbocycles. The van der Waals surface area contributed by atoms with Gasteiger partial charge in [-0.25, -0.2) is 0 Å². The van der Waals surface area contributed by atoms with Gasteiger partial charge < -0.3 is 15.2 Å². The second kappa shape index (κ2) is 8.20. The van der Waals surface area contributed by atoms with Crippen LogP contribution in [0, 0.1) is 13.8 Å². The molecule has 0 bridgehead atoms. The van der Waals surface area contributed by atoms with Crippen molar-refractivity contribution in [1.29, 1.82) is 0 Å². The number of aryl methyl sites for hydroxylation is 2. The van der Waals surface area contributed by atoms with Gasteiger partial charge >= 0.3 is 0 Å². The molecule has 0 amide bonds. The van der Waals surface area contributed by atoms with Gasteiger partial charge in [-0.2, -0.15) is 0 Å². The monoisotopic (exact) mass is 327 g/mol. The van der Waals surface area contributed by atoms with Crippen LogP contribution < -0.4 is 15.2 Å². The van der Waals surface area contributed by atoms with Crippen LogP contribution in [0.5, 0.6) is 11.5 Å². The molecule has 2 rings (SSSR count). The van der Waals surface area contributed by atoms with Crippen LogP contribution in [0.4, 0.5) is 0 Å². The Morgan fingerprint density at radius 2 is 1.75 bits per heavy atom. The fourth-order valence-electron chi connectivity index (χ4n) is 3.00. The third-order valence-corrected chi connectivity index (χ3v) is 4.23. The Bertz CT molecular complexity index is 680. The first-order chi connectivity index (χ1) is 11.4. The topological polar surface area (TPSA) is 44.5 Å². The van der Waals surface area contributed by atoms with Gasteiger partial charge in [0, 0.05) is 5.92 Å². The number of nitrogens with two attached hydrogens (primary N) is 1. The van der Waals surface area contributed by atoms with E-state index in [0.29, 0.717) is 12.5 Å². The quantitative estimate of drug-likeness (QED) is 0.820. The molecule has 0 saturated heterocycles. The van der Waals surface area contributed by atoms with E-state index in [4.69, 9.17) is 15.2 Å². The third-order valence-electron chi connectivity index (χ3n) is 4.23. The van der Waals surface area contributed by atoms with E-state index in [1.807, 2.05) is 19.9 Å². The van der Waals surface area contributed by atoms with Crippen LogP contribution in [0.3, 0.4) is 0 Å². The van der Waals surface area contributed by atoms with Crippen LogP contribution in [0.25, 0.3) is 0 Å². The molecule has 0 aliphatic heterocycles. The molecular formula is C21H29NO2. The summed E-state index contributed by atoms with van der Waals surface area (Å²) in [4.78, 5) is 0. The largest absolute Gasteiger partial charge is 0.493 e. The van der Waals surface area contributed by atoms with Crippen molar-refractivity contribution in [3.05, 3.63) is 58.7 Å². The molecule has 0 aliphatic carbocycles. The molecule has 0 spiro atoms. The summed E-state index contributed by atoms with van der Waals surface area (Å²) in [7, 11) is 1.67. The minimum atomic E-state index is 0.110. The molecule has 130 valence electrons. The normalized spacial score (nSPS) is 12.3. The lowest BCUT2D eigenvalue weighted by molar-refractivity contribution is 0.230. The molecule has 3 nitrogen and oxygen atoms in total. The van der Waals surface area contributed by atoms with E-state index < -0.39 is 0 Å². The highest BCUT2D eigenvalue weighted by molar-refractivity contribution is 5.44. The van der Waals surface area contributed by atoms with Crippen molar-refractivity contribution in [2.24, 2.45) is 5.73 Å². The van der Waals surface area contributed by atoms with Crippen LogP contribution in [0.15, 0.2) is 36.4 Å². The number of methoxy groups -OCH3 is 1. The molecular weight excluding hydrogens is 298 g/mol. The average Bonchev–Trinajstić information content (AvgIpc) is 2.55. The molecule has 1 atom stereocenters. The van der Waals surface area contributed by atoms with Crippen LogP contribution in [-0.4, -0.2) is 19.8 Å². The van der Waals surface area contributed by atoms with Crippen molar-refractivity contribution in [2.75, 3.05) is 13.7 Å². The molecule has 1 unspecified atom stereocenters. The van der Waals surface area contributed by atoms with Gasteiger partial charge in [-0.3, -0.25) is 0 Å². The predicted molar refractivity (Wildman–Crippen MR) is 100 cm³/mol. The maximum atomic E-state index is 6.09. The average molecular weight is 327 g/mol. The van der Waals surface area contributed by atoms with Crippen molar-refractivity contribution in [3.63, 3.8) is 0 Å². The molecule has 0 fully saturated rings. The van der Waals surface area contributed by atoms with E-state index in [-0.39, 0.29) is 6.10 Å². The minimum absolute atomic E-state index is 0.110. The Morgan fingerprint density at radius 1 is 1.00 bits per heavy atom.